The summed E-state index contributed by atoms with van der Waals surface area (Å²) in [4.78, 5) is 16.6. The van der Waals surface area contributed by atoms with E-state index in [-0.39, 0.29) is 11.6 Å². The Bertz CT molecular complexity index is 651. The van der Waals surface area contributed by atoms with Crippen molar-refractivity contribution in [2.24, 2.45) is 11.7 Å². The second kappa shape index (κ2) is 7.44. The number of rotatable bonds is 4. The lowest BCUT2D eigenvalue weighted by Crippen LogP contribution is -2.51. The molecule has 1 saturated carbocycles. The highest BCUT2D eigenvalue weighted by atomic mass is 16.6. The normalized spacial score (nSPS) is 21.2. The Hall–Kier alpha value is -1.59. The monoisotopic (exact) mass is 373 g/mol. The first kappa shape index (κ1) is 20.2. The first-order valence-corrected chi connectivity index (χ1v) is 10.2. The number of nitrogens with two attached hydrogens (primary N) is 1. The lowest BCUT2D eigenvalue weighted by atomic mass is 9.92. The van der Waals surface area contributed by atoms with Gasteiger partial charge in [-0.05, 0) is 50.7 Å². The second-order valence-electron chi connectivity index (χ2n) is 9.47. The molecule has 2 aliphatic rings. The fourth-order valence-corrected chi connectivity index (χ4v) is 3.96. The maximum Gasteiger partial charge on any atom is 0.410 e. The number of carbonyl (C=O) groups is 1. The number of amides is 1. The van der Waals surface area contributed by atoms with E-state index >= 15 is 0 Å². The smallest absolute Gasteiger partial charge is 0.410 e. The molecule has 3 rings (SSSR count). The van der Waals surface area contributed by atoms with E-state index in [4.69, 9.17) is 10.5 Å². The molecule has 1 aliphatic carbocycles. The largest absolute Gasteiger partial charge is 0.444 e. The van der Waals surface area contributed by atoms with Gasteiger partial charge < -0.3 is 15.4 Å². The number of piperazine rings is 1. The standard InChI is InChI=1S/C22H35N3O2/c1-16(2)19(17-6-8-18(9-7-17)22(23)10-11-22)24-12-14-25(15-13-24)20(26)27-21(3,4)5/h6-9,16,19H,10-15,23H2,1-5H3. The van der Waals surface area contributed by atoms with Crippen LogP contribution in [0.15, 0.2) is 24.3 Å². The molecule has 27 heavy (non-hydrogen) atoms. The second-order valence-corrected chi connectivity index (χ2v) is 9.47. The maximum absolute atomic E-state index is 12.3. The number of ether oxygens (including phenoxy) is 1. The van der Waals surface area contributed by atoms with E-state index in [0.717, 1.165) is 25.9 Å². The summed E-state index contributed by atoms with van der Waals surface area (Å²) in [6.45, 7) is 13.4. The Balaban J connectivity index is 1.64. The Kier molecular flexibility index (Phi) is 5.55. The minimum atomic E-state index is -0.446. The molecule has 0 bridgehead atoms. The van der Waals surface area contributed by atoms with E-state index < -0.39 is 5.60 Å². The van der Waals surface area contributed by atoms with Gasteiger partial charge in [-0.25, -0.2) is 4.79 Å². The number of carbonyl (C=O) groups excluding carboxylic acids is 1. The molecule has 2 N–H and O–H groups in total. The van der Waals surface area contributed by atoms with Gasteiger partial charge in [0.25, 0.3) is 0 Å². The molecular weight excluding hydrogens is 338 g/mol. The first-order valence-electron chi connectivity index (χ1n) is 10.2. The van der Waals surface area contributed by atoms with E-state index in [1.165, 1.54) is 11.1 Å². The Morgan fingerprint density at radius 1 is 1.07 bits per heavy atom. The zero-order valence-corrected chi connectivity index (χ0v) is 17.5. The Morgan fingerprint density at radius 3 is 2.07 bits per heavy atom. The van der Waals surface area contributed by atoms with Gasteiger partial charge in [0.2, 0.25) is 0 Å². The van der Waals surface area contributed by atoms with Crippen LogP contribution in [0.2, 0.25) is 0 Å². The third-order valence-electron chi connectivity index (χ3n) is 5.61. The van der Waals surface area contributed by atoms with Crippen molar-refractivity contribution >= 4 is 6.09 Å². The summed E-state index contributed by atoms with van der Waals surface area (Å²) in [6.07, 6.45) is 1.98. The van der Waals surface area contributed by atoms with Crippen molar-refractivity contribution in [1.29, 1.82) is 0 Å². The van der Waals surface area contributed by atoms with E-state index in [2.05, 4.69) is 43.0 Å². The van der Waals surface area contributed by atoms with Crippen LogP contribution in [-0.2, 0) is 10.3 Å². The van der Waals surface area contributed by atoms with Gasteiger partial charge in [-0.1, -0.05) is 38.1 Å². The average molecular weight is 374 g/mol. The van der Waals surface area contributed by atoms with Gasteiger partial charge in [-0.15, -0.1) is 0 Å². The van der Waals surface area contributed by atoms with Crippen LogP contribution in [0, 0.1) is 5.92 Å². The maximum atomic E-state index is 12.3. The highest BCUT2D eigenvalue weighted by Crippen LogP contribution is 2.43. The Morgan fingerprint density at radius 2 is 1.63 bits per heavy atom. The predicted octanol–water partition coefficient (Wildman–Crippen LogP) is 3.88. The van der Waals surface area contributed by atoms with Crippen LogP contribution in [0.5, 0.6) is 0 Å². The molecule has 1 heterocycles. The van der Waals surface area contributed by atoms with E-state index in [9.17, 15) is 4.79 Å². The molecule has 5 nitrogen and oxygen atoms in total. The van der Waals surface area contributed by atoms with Crippen LogP contribution in [0.25, 0.3) is 0 Å². The summed E-state index contributed by atoms with van der Waals surface area (Å²) in [7, 11) is 0. The summed E-state index contributed by atoms with van der Waals surface area (Å²) in [5.74, 6) is 0.497. The minimum absolute atomic E-state index is 0.0785. The zero-order chi connectivity index (χ0) is 19.8. The van der Waals surface area contributed by atoms with Crippen LogP contribution in [0.3, 0.4) is 0 Å². The van der Waals surface area contributed by atoms with Crippen molar-refractivity contribution < 1.29 is 9.53 Å². The van der Waals surface area contributed by atoms with Gasteiger partial charge in [0.1, 0.15) is 5.60 Å². The molecule has 1 aromatic carbocycles. The SMILES string of the molecule is CC(C)C(c1ccc(C2(N)CC2)cc1)N1CCN(C(=O)OC(C)(C)C)CC1. The van der Waals surface area contributed by atoms with Crippen molar-refractivity contribution in [3.05, 3.63) is 35.4 Å². The van der Waals surface area contributed by atoms with Crippen LogP contribution in [0.4, 0.5) is 4.79 Å². The van der Waals surface area contributed by atoms with Crippen LogP contribution in [-0.4, -0.2) is 47.7 Å². The quantitative estimate of drug-likeness (QED) is 0.870. The predicted molar refractivity (Wildman–Crippen MR) is 109 cm³/mol. The van der Waals surface area contributed by atoms with Crippen molar-refractivity contribution in [1.82, 2.24) is 9.80 Å². The molecular formula is C22H35N3O2. The first-order chi connectivity index (χ1) is 12.6. The van der Waals surface area contributed by atoms with Gasteiger partial charge in [0, 0.05) is 37.8 Å². The topological polar surface area (TPSA) is 58.8 Å². The highest BCUT2D eigenvalue weighted by Gasteiger charge is 2.40. The van der Waals surface area contributed by atoms with E-state index in [1.807, 2.05) is 25.7 Å². The van der Waals surface area contributed by atoms with Crippen LogP contribution < -0.4 is 5.73 Å². The van der Waals surface area contributed by atoms with Gasteiger partial charge in [-0.2, -0.15) is 0 Å². The summed E-state index contributed by atoms with van der Waals surface area (Å²) in [6, 6.07) is 9.25. The summed E-state index contributed by atoms with van der Waals surface area (Å²) >= 11 is 0. The van der Waals surface area contributed by atoms with Crippen molar-refractivity contribution in [3.63, 3.8) is 0 Å². The molecule has 0 aromatic heterocycles. The van der Waals surface area contributed by atoms with Gasteiger partial charge in [0.05, 0.1) is 0 Å². The van der Waals surface area contributed by atoms with Crippen molar-refractivity contribution in [3.8, 4) is 0 Å². The molecule has 2 fully saturated rings. The number of hydrogen-bond donors (Lipinski definition) is 1. The minimum Gasteiger partial charge on any atom is -0.444 e. The fraction of sp³-hybridized carbons (Fsp3) is 0.682. The Labute approximate surface area is 163 Å². The molecule has 1 atom stereocenters. The molecule has 1 aliphatic heterocycles. The lowest BCUT2D eigenvalue weighted by Gasteiger charge is -2.41. The summed E-state index contributed by atoms with van der Waals surface area (Å²) in [5, 5.41) is 0. The fourth-order valence-electron chi connectivity index (χ4n) is 3.96. The van der Waals surface area contributed by atoms with E-state index in [1.54, 1.807) is 0 Å². The van der Waals surface area contributed by atoms with Gasteiger partial charge >= 0.3 is 6.09 Å². The lowest BCUT2D eigenvalue weighted by molar-refractivity contribution is 0.00748. The molecule has 5 heteroatoms. The average Bonchev–Trinajstić information content (AvgIpc) is 3.33. The van der Waals surface area contributed by atoms with Gasteiger partial charge in [0.15, 0.2) is 0 Å². The van der Waals surface area contributed by atoms with Crippen molar-refractivity contribution in [2.75, 3.05) is 26.2 Å². The molecule has 1 aromatic rings. The third-order valence-corrected chi connectivity index (χ3v) is 5.61. The summed E-state index contributed by atoms with van der Waals surface area (Å²) < 4.78 is 5.51. The van der Waals surface area contributed by atoms with Crippen LogP contribution in [0.1, 0.15) is 64.6 Å². The number of hydrogen-bond acceptors (Lipinski definition) is 4. The van der Waals surface area contributed by atoms with Gasteiger partial charge in [-0.3, -0.25) is 4.90 Å². The third kappa shape index (κ3) is 4.82. The number of nitrogens with zero attached hydrogens (tertiary/aromatic N) is 2. The zero-order valence-electron chi connectivity index (χ0n) is 17.5. The molecule has 0 radical (unpaired) electrons. The van der Waals surface area contributed by atoms with E-state index in [0.29, 0.717) is 25.0 Å². The van der Waals surface area contributed by atoms with Crippen LogP contribution >= 0.6 is 0 Å². The molecule has 150 valence electrons. The molecule has 1 unspecified atom stereocenters. The molecule has 0 spiro atoms. The number of benzene rings is 1. The van der Waals surface area contributed by atoms with Crippen molar-refractivity contribution in [2.45, 2.75) is 64.6 Å². The summed E-state index contributed by atoms with van der Waals surface area (Å²) in [5.41, 5.74) is 8.39. The highest BCUT2D eigenvalue weighted by molar-refractivity contribution is 5.68. The molecule has 1 saturated heterocycles. The molecule has 1 amide bonds.